The molecule has 3 nitrogen and oxygen atoms in total. The number of hydrogen-bond donors (Lipinski definition) is 1. The molecular weight excluding hydrogens is 256 g/mol. The first-order valence-electron chi connectivity index (χ1n) is 6.76. The Morgan fingerprint density at radius 2 is 2.16 bits per heavy atom. The quantitative estimate of drug-likeness (QED) is 0.931. The highest BCUT2D eigenvalue weighted by atomic mass is 32.1. The fraction of sp³-hybridized carbons (Fsp3) is 0.400. The minimum Gasteiger partial charge on any atom is -0.494 e. The van der Waals surface area contributed by atoms with Gasteiger partial charge in [-0.2, -0.15) is 0 Å². The molecule has 0 saturated heterocycles. The zero-order valence-electron chi connectivity index (χ0n) is 11.1. The van der Waals surface area contributed by atoms with Gasteiger partial charge in [-0.15, -0.1) is 11.3 Å². The van der Waals surface area contributed by atoms with Gasteiger partial charge in [0.05, 0.1) is 12.3 Å². The van der Waals surface area contributed by atoms with Crippen molar-refractivity contribution in [3.63, 3.8) is 0 Å². The molecule has 1 heterocycles. The smallest absolute Gasteiger partial charge is 0.123 e. The zero-order chi connectivity index (χ0) is 13.2. The summed E-state index contributed by atoms with van der Waals surface area (Å²) in [5, 5.41) is 1.07. The van der Waals surface area contributed by atoms with E-state index in [0.29, 0.717) is 6.61 Å². The molecule has 0 fully saturated rings. The van der Waals surface area contributed by atoms with E-state index in [4.69, 9.17) is 15.5 Å². The predicted molar refractivity (Wildman–Crippen MR) is 78.6 cm³/mol. The molecule has 0 spiro atoms. The molecule has 0 saturated carbocycles. The highest BCUT2D eigenvalue weighted by Gasteiger charge is 2.22. The third-order valence-electron chi connectivity index (χ3n) is 3.41. The number of aromatic nitrogens is 1. The molecule has 0 amide bonds. The van der Waals surface area contributed by atoms with Crippen molar-refractivity contribution in [1.82, 2.24) is 4.98 Å². The molecule has 1 unspecified atom stereocenters. The van der Waals surface area contributed by atoms with Crippen molar-refractivity contribution in [2.75, 3.05) is 6.61 Å². The van der Waals surface area contributed by atoms with Crippen LogP contribution in [0.15, 0.2) is 24.3 Å². The summed E-state index contributed by atoms with van der Waals surface area (Å²) in [7, 11) is 0. The molecule has 1 aromatic carbocycles. The van der Waals surface area contributed by atoms with Crippen LogP contribution in [0.25, 0.3) is 10.6 Å². The first-order chi connectivity index (χ1) is 9.28. The van der Waals surface area contributed by atoms with Gasteiger partial charge in [0, 0.05) is 16.5 Å². The molecule has 4 heteroatoms. The van der Waals surface area contributed by atoms with E-state index in [1.165, 1.54) is 11.3 Å². The lowest BCUT2D eigenvalue weighted by Crippen LogP contribution is -2.16. The molecule has 2 aromatic rings. The van der Waals surface area contributed by atoms with Crippen LogP contribution >= 0.6 is 11.3 Å². The van der Waals surface area contributed by atoms with Crippen LogP contribution < -0.4 is 10.5 Å². The number of nitrogens with zero attached hydrogens (tertiary/aromatic N) is 1. The fourth-order valence-corrected chi connectivity index (χ4v) is 3.61. The number of hydrogen-bond acceptors (Lipinski definition) is 4. The molecule has 100 valence electrons. The Morgan fingerprint density at radius 3 is 2.84 bits per heavy atom. The second kappa shape index (κ2) is 5.31. The summed E-state index contributed by atoms with van der Waals surface area (Å²) in [6.45, 7) is 2.68. The van der Waals surface area contributed by atoms with E-state index < -0.39 is 0 Å². The van der Waals surface area contributed by atoms with Crippen LogP contribution in [0.2, 0.25) is 0 Å². The Balaban J connectivity index is 1.89. The van der Waals surface area contributed by atoms with Gasteiger partial charge in [0.2, 0.25) is 0 Å². The Bertz CT molecular complexity index is 562. The summed E-state index contributed by atoms with van der Waals surface area (Å²) in [5.74, 6) is 0.907. The van der Waals surface area contributed by atoms with Gasteiger partial charge in [0.25, 0.3) is 0 Å². The molecule has 1 atom stereocenters. The Morgan fingerprint density at radius 1 is 1.37 bits per heavy atom. The number of ether oxygens (including phenoxy) is 1. The van der Waals surface area contributed by atoms with Crippen LogP contribution in [-0.4, -0.2) is 11.6 Å². The zero-order valence-corrected chi connectivity index (χ0v) is 11.9. The Labute approximate surface area is 117 Å². The maximum absolute atomic E-state index is 6.13. The molecule has 0 bridgehead atoms. The number of nitrogens with two attached hydrogens (primary N) is 1. The van der Waals surface area contributed by atoms with Crippen LogP contribution in [0.5, 0.6) is 5.75 Å². The third-order valence-corrected chi connectivity index (χ3v) is 4.59. The molecule has 0 aliphatic heterocycles. The topological polar surface area (TPSA) is 48.1 Å². The molecule has 0 radical (unpaired) electrons. The third kappa shape index (κ3) is 2.51. The number of benzene rings is 1. The van der Waals surface area contributed by atoms with Crippen molar-refractivity contribution >= 4 is 11.3 Å². The lowest BCUT2D eigenvalue weighted by atomic mass is 9.99. The first-order valence-corrected chi connectivity index (χ1v) is 7.58. The van der Waals surface area contributed by atoms with Crippen LogP contribution in [0.3, 0.4) is 0 Å². The Kier molecular flexibility index (Phi) is 3.53. The van der Waals surface area contributed by atoms with E-state index in [2.05, 4.69) is 12.1 Å². The summed E-state index contributed by atoms with van der Waals surface area (Å²) >= 11 is 1.78. The first kappa shape index (κ1) is 12.6. The van der Waals surface area contributed by atoms with E-state index >= 15 is 0 Å². The van der Waals surface area contributed by atoms with E-state index in [1.54, 1.807) is 11.3 Å². The summed E-state index contributed by atoms with van der Waals surface area (Å²) in [5.41, 5.74) is 8.39. The molecule has 1 aliphatic carbocycles. The van der Waals surface area contributed by atoms with Gasteiger partial charge in [-0.05, 0) is 50.5 Å². The highest BCUT2D eigenvalue weighted by molar-refractivity contribution is 7.15. The SMILES string of the molecule is CCOc1ccc(-c2nc3c(s2)CCCC3N)cc1. The monoisotopic (exact) mass is 274 g/mol. The van der Waals surface area contributed by atoms with Gasteiger partial charge in [0.15, 0.2) is 0 Å². The summed E-state index contributed by atoms with van der Waals surface area (Å²) in [4.78, 5) is 6.09. The van der Waals surface area contributed by atoms with Crippen LogP contribution in [0.4, 0.5) is 0 Å². The van der Waals surface area contributed by atoms with Crippen molar-refractivity contribution in [2.24, 2.45) is 5.73 Å². The summed E-state index contributed by atoms with van der Waals surface area (Å²) in [6, 6.07) is 8.26. The van der Waals surface area contributed by atoms with Gasteiger partial charge in [0.1, 0.15) is 10.8 Å². The van der Waals surface area contributed by atoms with Crippen molar-refractivity contribution in [3.05, 3.63) is 34.8 Å². The summed E-state index contributed by atoms with van der Waals surface area (Å²) < 4.78 is 5.46. The van der Waals surface area contributed by atoms with Crippen LogP contribution in [0.1, 0.15) is 36.4 Å². The molecule has 3 rings (SSSR count). The average molecular weight is 274 g/mol. The molecule has 1 aliphatic rings. The molecule has 19 heavy (non-hydrogen) atoms. The number of thiazole rings is 1. The molecule has 1 aromatic heterocycles. The minimum atomic E-state index is 0.122. The van der Waals surface area contributed by atoms with E-state index in [9.17, 15) is 0 Å². The van der Waals surface area contributed by atoms with Gasteiger partial charge in [-0.1, -0.05) is 0 Å². The van der Waals surface area contributed by atoms with E-state index in [-0.39, 0.29) is 6.04 Å². The fourth-order valence-electron chi connectivity index (χ4n) is 2.44. The number of aryl methyl sites for hydroxylation is 1. The molecular formula is C15H18N2OS. The largest absolute Gasteiger partial charge is 0.494 e. The van der Waals surface area contributed by atoms with Crippen molar-refractivity contribution in [2.45, 2.75) is 32.2 Å². The van der Waals surface area contributed by atoms with E-state index in [1.807, 2.05) is 19.1 Å². The standard InChI is InChI=1S/C15H18N2OS/c1-2-18-11-8-6-10(7-9-11)15-17-14-12(16)4-3-5-13(14)19-15/h6-9,12H,2-5,16H2,1H3. The maximum atomic E-state index is 6.13. The van der Waals surface area contributed by atoms with Gasteiger partial charge >= 0.3 is 0 Å². The molecule has 2 N–H and O–H groups in total. The van der Waals surface area contributed by atoms with Crippen molar-refractivity contribution < 1.29 is 4.74 Å². The second-order valence-electron chi connectivity index (χ2n) is 4.78. The average Bonchev–Trinajstić information content (AvgIpc) is 2.85. The van der Waals surface area contributed by atoms with Gasteiger partial charge in [-0.25, -0.2) is 4.98 Å². The van der Waals surface area contributed by atoms with Crippen LogP contribution in [-0.2, 0) is 6.42 Å². The normalized spacial score (nSPS) is 18.1. The minimum absolute atomic E-state index is 0.122. The van der Waals surface area contributed by atoms with Crippen molar-refractivity contribution in [1.29, 1.82) is 0 Å². The lowest BCUT2D eigenvalue weighted by molar-refractivity contribution is 0.340. The van der Waals surface area contributed by atoms with Gasteiger partial charge in [-0.3, -0.25) is 0 Å². The van der Waals surface area contributed by atoms with Crippen LogP contribution in [0, 0.1) is 0 Å². The highest BCUT2D eigenvalue weighted by Crippen LogP contribution is 2.36. The predicted octanol–water partition coefficient (Wildman–Crippen LogP) is 3.54. The summed E-state index contributed by atoms with van der Waals surface area (Å²) in [6.07, 6.45) is 3.36. The van der Waals surface area contributed by atoms with E-state index in [0.717, 1.165) is 34.9 Å². The number of rotatable bonds is 3. The second-order valence-corrected chi connectivity index (χ2v) is 5.87. The Hall–Kier alpha value is -1.39. The number of fused-ring (bicyclic) bond motifs is 1. The van der Waals surface area contributed by atoms with Crippen molar-refractivity contribution in [3.8, 4) is 16.3 Å². The maximum Gasteiger partial charge on any atom is 0.123 e. The lowest BCUT2D eigenvalue weighted by Gasteiger charge is -2.15. The van der Waals surface area contributed by atoms with Gasteiger partial charge < -0.3 is 10.5 Å².